The van der Waals surface area contributed by atoms with E-state index in [1.54, 1.807) is 4.90 Å². The van der Waals surface area contributed by atoms with Crippen molar-refractivity contribution in [3.8, 4) is 0 Å². The number of hydrogen-bond acceptors (Lipinski definition) is 3. The lowest BCUT2D eigenvalue weighted by atomic mass is 10.1. The molecule has 1 heterocycles. The Labute approximate surface area is 150 Å². The molecule has 1 aromatic carbocycles. The summed E-state index contributed by atoms with van der Waals surface area (Å²) in [5.41, 5.74) is 1.05. The van der Waals surface area contributed by atoms with Crippen molar-refractivity contribution >= 4 is 59.6 Å². The topological polar surface area (TPSA) is 41.6 Å². The zero-order valence-corrected chi connectivity index (χ0v) is 16.4. The Morgan fingerprint density at radius 3 is 2.38 bits per heavy atom. The molecule has 1 fully saturated rings. The van der Waals surface area contributed by atoms with Crippen LogP contribution in [0.15, 0.2) is 25.6 Å². The molecule has 0 unspecified atom stereocenters. The molecule has 0 saturated carbocycles. The lowest BCUT2D eigenvalue weighted by Crippen LogP contribution is -2.42. The van der Waals surface area contributed by atoms with Gasteiger partial charge in [-0.25, -0.2) is 4.79 Å². The van der Waals surface area contributed by atoms with Crippen LogP contribution in [0.4, 0.5) is 10.5 Å². The summed E-state index contributed by atoms with van der Waals surface area (Å²) in [7, 11) is 0. The zero-order chi connectivity index (χ0) is 15.4. The van der Waals surface area contributed by atoms with Crippen molar-refractivity contribution < 1.29 is 9.53 Å². The number of carbonyl (C=O) groups is 1. The first-order valence-electron chi connectivity index (χ1n) is 6.84. The van der Waals surface area contributed by atoms with Crippen LogP contribution in [0.2, 0.25) is 0 Å². The van der Waals surface area contributed by atoms with E-state index in [2.05, 4.69) is 53.1 Å². The van der Waals surface area contributed by atoms with Gasteiger partial charge in [0.1, 0.15) is 0 Å². The number of hydrogen-bond donors (Lipinski definition) is 1. The molecule has 0 aliphatic carbocycles. The molecule has 1 aliphatic heterocycles. The number of nitrogens with zero attached hydrogens (tertiary/aromatic N) is 1. The van der Waals surface area contributed by atoms with Crippen LogP contribution < -0.4 is 5.32 Å². The number of benzene rings is 1. The molecule has 7 heteroatoms. The maximum Gasteiger partial charge on any atom is 0.409 e. The second-order valence-electron chi connectivity index (χ2n) is 4.85. The number of anilines is 1. The minimum Gasteiger partial charge on any atom is -0.450 e. The van der Waals surface area contributed by atoms with Gasteiger partial charge < -0.3 is 15.0 Å². The van der Waals surface area contributed by atoms with Crippen molar-refractivity contribution in [1.82, 2.24) is 4.90 Å². The Morgan fingerprint density at radius 2 is 1.86 bits per heavy atom. The predicted molar refractivity (Wildman–Crippen MR) is 94.8 cm³/mol. The highest BCUT2D eigenvalue weighted by Crippen LogP contribution is 2.35. The molecular formula is C14H17Br3N2O2. The number of halogens is 3. The van der Waals surface area contributed by atoms with Gasteiger partial charge in [-0.2, -0.15) is 0 Å². The van der Waals surface area contributed by atoms with Gasteiger partial charge in [0.2, 0.25) is 0 Å². The normalized spacial score (nSPS) is 15.9. The summed E-state index contributed by atoms with van der Waals surface area (Å²) < 4.78 is 8.07. The minimum absolute atomic E-state index is 0.207. The van der Waals surface area contributed by atoms with Crippen LogP contribution >= 0.6 is 47.8 Å². The van der Waals surface area contributed by atoms with E-state index in [0.29, 0.717) is 12.6 Å². The van der Waals surface area contributed by atoms with E-state index in [1.165, 1.54) is 0 Å². The number of piperidine rings is 1. The molecule has 0 atom stereocenters. The third kappa shape index (κ3) is 4.60. The third-order valence-corrected chi connectivity index (χ3v) is 5.08. The van der Waals surface area contributed by atoms with Gasteiger partial charge in [0.15, 0.2) is 0 Å². The van der Waals surface area contributed by atoms with Crippen LogP contribution in [0.3, 0.4) is 0 Å². The third-order valence-electron chi connectivity index (χ3n) is 3.38. The Morgan fingerprint density at radius 1 is 1.29 bits per heavy atom. The van der Waals surface area contributed by atoms with Crippen LogP contribution in [0.1, 0.15) is 19.8 Å². The lowest BCUT2D eigenvalue weighted by Gasteiger charge is -2.32. The molecule has 1 N–H and O–H groups in total. The highest BCUT2D eigenvalue weighted by Gasteiger charge is 2.24. The molecule has 116 valence electrons. The van der Waals surface area contributed by atoms with E-state index in [1.807, 2.05) is 19.1 Å². The Hall–Kier alpha value is -0.270. The zero-order valence-electron chi connectivity index (χ0n) is 11.7. The number of carbonyl (C=O) groups excluding carboxylic acids is 1. The maximum absolute atomic E-state index is 11.7. The lowest BCUT2D eigenvalue weighted by molar-refractivity contribution is 0.0983. The Bertz CT molecular complexity index is 494. The summed E-state index contributed by atoms with van der Waals surface area (Å²) in [5.74, 6) is 0. The van der Waals surface area contributed by atoms with Gasteiger partial charge >= 0.3 is 6.09 Å². The fraction of sp³-hybridized carbons (Fsp3) is 0.500. The van der Waals surface area contributed by atoms with Gasteiger partial charge in [-0.1, -0.05) is 15.9 Å². The van der Waals surface area contributed by atoms with Crippen LogP contribution in [-0.2, 0) is 4.74 Å². The van der Waals surface area contributed by atoms with Gasteiger partial charge in [0.05, 0.1) is 12.3 Å². The summed E-state index contributed by atoms with van der Waals surface area (Å²) in [6.07, 6.45) is 1.61. The molecule has 0 bridgehead atoms. The summed E-state index contributed by atoms with van der Waals surface area (Å²) in [4.78, 5) is 13.4. The molecule has 1 aliphatic rings. The van der Waals surface area contributed by atoms with Gasteiger partial charge in [0, 0.05) is 32.5 Å². The minimum atomic E-state index is -0.207. The van der Waals surface area contributed by atoms with Crippen molar-refractivity contribution in [2.24, 2.45) is 0 Å². The molecule has 0 aromatic heterocycles. The van der Waals surface area contributed by atoms with Gasteiger partial charge in [0.25, 0.3) is 0 Å². The van der Waals surface area contributed by atoms with Crippen LogP contribution in [0.25, 0.3) is 0 Å². The molecular weight excluding hydrogens is 468 g/mol. The summed E-state index contributed by atoms with van der Waals surface area (Å²) in [6, 6.07) is 4.38. The summed E-state index contributed by atoms with van der Waals surface area (Å²) in [6.45, 7) is 3.70. The van der Waals surface area contributed by atoms with Crippen LogP contribution in [0, 0.1) is 0 Å². The highest BCUT2D eigenvalue weighted by molar-refractivity contribution is 9.11. The number of rotatable bonds is 3. The first-order chi connectivity index (χ1) is 10.0. The Balaban J connectivity index is 1.94. The average Bonchev–Trinajstić information content (AvgIpc) is 2.43. The second-order valence-corrected chi connectivity index (χ2v) is 7.47. The highest BCUT2D eigenvalue weighted by atomic mass is 79.9. The fourth-order valence-corrected chi connectivity index (χ4v) is 4.79. The molecule has 21 heavy (non-hydrogen) atoms. The van der Waals surface area contributed by atoms with Crippen molar-refractivity contribution in [2.75, 3.05) is 25.0 Å². The smallest absolute Gasteiger partial charge is 0.409 e. The molecule has 2 rings (SSSR count). The number of ether oxygens (including phenoxy) is 1. The SMILES string of the molecule is CCOC(=O)N1CCC(Nc2c(Br)cc(Br)cc2Br)CC1. The van der Waals surface area contributed by atoms with Crippen molar-refractivity contribution in [3.05, 3.63) is 25.6 Å². The second kappa shape index (κ2) is 7.83. The molecule has 1 saturated heterocycles. The quantitative estimate of drug-likeness (QED) is 0.656. The van der Waals surface area contributed by atoms with Crippen LogP contribution in [0.5, 0.6) is 0 Å². The van der Waals surface area contributed by atoms with E-state index in [9.17, 15) is 4.79 Å². The van der Waals surface area contributed by atoms with Gasteiger partial charge in [-0.05, 0) is 63.8 Å². The van der Waals surface area contributed by atoms with Gasteiger partial charge in [-0.3, -0.25) is 0 Å². The van der Waals surface area contributed by atoms with Crippen molar-refractivity contribution in [1.29, 1.82) is 0 Å². The Kier molecular flexibility index (Phi) is 6.37. The largest absolute Gasteiger partial charge is 0.450 e. The fourth-order valence-electron chi connectivity index (χ4n) is 2.31. The molecule has 4 nitrogen and oxygen atoms in total. The molecule has 0 spiro atoms. The average molecular weight is 485 g/mol. The standard InChI is InChI=1S/C14H17Br3N2O2/c1-2-21-14(20)19-5-3-10(4-6-19)18-13-11(16)7-9(15)8-12(13)17/h7-8,10,18H,2-6H2,1H3. The van der Waals surface area contributed by atoms with E-state index in [-0.39, 0.29) is 6.09 Å². The molecule has 1 aromatic rings. The summed E-state index contributed by atoms with van der Waals surface area (Å²) in [5, 5.41) is 3.54. The first-order valence-corrected chi connectivity index (χ1v) is 9.22. The predicted octanol–water partition coefficient (Wildman–Crippen LogP) is 5.01. The number of nitrogens with one attached hydrogen (secondary N) is 1. The van der Waals surface area contributed by atoms with Gasteiger partial charge in [-0.15, -0.1) is 0 Å². The van der Waals surface area contributed by atoms with Crippen molar-refractivity contribution in [3.63, 3.8) is 0 Å². The molecule has 1 amide bonds. The van der Waals surface area contributed by atoms with Crippen molar-refractivity contribution in [2.45, 2.75) is 25.8 Å². The monoisotopic (exact) mass is 482 g/mol. The molecule has 0 radical (unpaired) electrons. The van der Waals surface area contributed by atoms with E-state index < -0.39 is 0 Å². The summed E-state index contributed by atoms with van der Waals surface area (Å²) >= 11 is 10.6. The van der Waals surface area contributed by atoms with E-state index in [0.717, 1.165) is 45.0 Å². The van der Waals surface area contributed by atoms with E-state index >= 15 is 0 Å². The van der Waals surface area contributed by atoms with E-state index in [4.69, 9.17) is 4.74 Å². The number of likely N-dealkylation sites (tertiary alicyclic amines) is 1. The first kappa shape index (κ1) is 17.1. The maximum atomic E-state index is 11.7. The van der Waals surface area contributed by atoms with Crippen LogP contribution in [-0.4, -0.2) is 36.7 Å². The number of amides is 1.